The van der Waals surface area contributed by atoms with Crippen LogP contribution in [0.4, 0.5) is 0 Å². The number of hydrogen-bond acceptors (Lipinski definition) is 4. The van der Waals surface area contributed by atoms with Gasteiger partial charge >= 0.3 is 0 Å². The zero-order valence-electron chi connectivity index (χ0n) is 15.9. The van der Waals surface area contributed by atoms with Crippen LogP contribution in [0.5, 0.6) is 0 Å². The molecular weight excluding hydrogens is 372 g/mol. The number of nitriles is 2. The molecule has 0 bridgehead atoms. The Hall–Kier alpha value is -4.54. The first-order valence-electron chi connectivity index (χ1n) is 9.15. The summed E-state index contributed by atoms with van der Waals surface area (Å²) in [5.74, 6) is -0.730. The van der Waals surface area contributed by atoms with E-state index in [1.165, 1.54) is 12.2 Å². The van der Waals surface area contributed by atoms with Crippen LogP contribution in [0.15, 0.2) is 96.1 Å². The molecule has 0 spiro atoms. The van der Waals surface area contributed by atoms with Crippen molar-refractivity contribution in [2.45, 2.75) is 0 Å². The van der Waals surface area contributed by atoms with Crippen LogP contribution in [0.3, 0.4) is 0 Å². The maximum Gasteiger partial charge on any atom is 0.203 e. The van der Waals surface area contributed by atoms with Crippen molar-refractivity contribution in [1.29, 1.82) is 10.5 Å². The highest BCUT2D eigenvalue weighted by Crippen LogP contribution is 2.17. The number of nitrogens with zero attached hydrogens (tertiary/aromatic N) is 2. The summed E-state index contributed by atoms with van der Waals surface area (Å²) in [7, 11) is 0. The van der Waals surface area contributed by atoms with E-state index in [4.69, 9.17) is 0 Å². The van der Waals surface area contributed by atoms with Gasteiger partial charge in [-0.15, -0.1) is 0 Å². The fourth-order valence-corrected chi connectivity index (χ4v) is 2.86. The molecule has 0 atom stereocenters. The standard InChI is InChI=1S/C26H16N2O2/c27-17-23(25(29)21-10-3-1-4-11-21)15-19-8-7-9-20(14-19)16-24(18-28)26(30)22-12-5-2-6-13-22/h1-16H/b23-15+,24-16+. The van der Waals surface area contributed by atoms with E-state index in [1.807, 2.05) is 12.1 Å². The van der Waals surface area contributed by atoms with Crippen LogP contribution in [-0.2, 0) is 0 Å². The first kappa shape index (κ1) is 20.2. The van der Waals surface area contributed by atoms with E-state index in [9.17, 15) is 20.1 Å². The molecule has 3 aromatic carbocycles. The third-order valence-electron chi connectivity index (χ3n) is 4.33. The van der Waals surface area contributed by atoms with E-state index in [1.54, 1.807) is 84.9 Å². The van der Waals surface area contributed by atoms with E-state index in [0.29, 0.717) is 22.3 Å². The molecule has 4 nitrogen and oxygen atoms in total. The summed E-state index contributed by atoms with van der Waals surface area (Å²) >= 11 is 0. The van der Waals surface area contributed by atoms with Gasteiger partial charge in [-0.05, 0) is 29.3 Å². The number of hydrogen-bond donors (Lipinski definition) is 0. The van der Waals surface area contributed by atoms with E-state index in [2.05, 4.69) is 0 Å². The lowest BCUT2D eigenvalue weighted by Crippen LogP contribution is -2.02. The third kappa shape index (κ3) is 4.84. The molecule has 0 saturated carbocycles. The summed E-state index contributed by atoms with van der Waals surface area (Å²) < 4.78 is 0. The first-order valence-corrected chi connectivity index (χ1v) is 9.15. The lowest BCUT2D eigenvalue weighted by molar-refractivity contribution is 0.103. The minimum absolute atomic E-state index is 0.00296. The van der Waals surface area contributed by atoms with Crippen LogP contribution in [0, 0.1) is 22.7 Å². The Kier molecular flexibility index (Phi) is 6.46. The molecule has 0 aromatic heterocycles. The highest BCUT2D eigenvalue weighted by molar-refractivity contribution is 6.14. The second-order valence-corrected chi connectivity index (χ2v) is 6.40. The fraction of sp³-hybridized carbons (Fsp3) is 0. The van der Waals surface area contributed by atoms with Crippen LogP contribution >= 0.6 is 0 Å². The van der Waals surface area contributed by atoms with Gasteiger partial charge in [0, 0.05) is 11.1 Å². The Bertz CT molecular complexity index is 1130. The fourth-order valence-electron chi connectivity index (χ4n) is 2.86. The molecule has 3 rings (SSSR count). The molecule has 0 aliphatic heterocycles. The summed E-state index contributed by atoms with van der Waals surface area (Å²) in [4.78, 5) is 25.1. The van der Waals surface area contributed by atoms with Gasteiger partial charge in [-0.25, -0.2) is 0 Å². The second kappa shape index (κ2) is 9.59. The highest BCUT2D eigenvalue weighted by Gasteiger charge is 2.13. The maximum absolute atomic E-state index is 12.5. The van der Waals surface area contributed by atoms with E-state index >= 15 is 0 Å². The van der Waals surface area contributed by atoms with E-state index in [0.717, 1.165) is 0 Å². The van der Waals surface area contributed by atoms with Crippen LogP contribution in [0.1, 0.15) is 31.8 Å². The van der Waals surface area contributed by atoms with Crippen molar-refractivity contribution in [3.63, 3.8) is 0 Å². The molecule has 0 fully saturated rings. The highest BCUT2D eigenvalue weighted by atomic mass is 16.1. The number of rotatable bonds is 6. The number of allylic oxidation sites excluding steroid dienone is 2. The molecule has 30 heavy (non-hydrogen) atoms. The van der Waals surface area contributed by atoms with Crippen molar-refractivity contribution < 1.29 is 9.59 Å². The number of ketones is 2. The van der Waals surface area contributed by atoms with Crippen LogP contribution in [0.25, 0.3) is 12.2 Å². The second-order valence-electron chi connectivity index (χ2n) is 6.40. The van der Waals surface area contributed by atoms with Crippen molar-refractivity contribution in [3.8, 4) is 12.1 Å². The Balaban J connectivity index is 1.92. The number of Topliss-reactive ketones (excluding diaryl/α,β-unsaturated/α-hetero) is 2. The average molecular weight is 388 g/mol. The normalized spacial score (nSPS) is 11.3. The molecule has 4 heteroatoms. The molecule has 0 N–H and O–H groups in total. The van der Waals surface area contributed by atoms with Crippen molar-refractivity contribution in [1.82, 2.24) is 0 Å². The van der Waals surface area contributed by atoms with E-state index < -0.39 is 0 Å². The SMILES string of the molecule is N#C/C(=C\c1cccc(/C=C(\C#N)C(=O)c2ccccc2)c1)C(=O)c1ccccc1. The molecule has 0 amide bonds. The van der Waals surface area contributed by atoms with Crippen molar-refractivity contribution in [2.75, 3.05) is 0 Å². The van der Waals surface area contributed by atoms with Crippen molar-refractivity contribution in [3.05, 3.63) is 118 Å². The summed E-state index contributed by atoms with van der Waals surface area (Å²) in [6.07, 6.45) is 3.00. The summed E-state index contributed by atoms with van der Waals surface area (Å²) in [6, 6.07) is 28.0. The molecule has 0 heterocycles. The number of carbonyl (C=O) groups is 2. The van der Waals surface area contributed by atoms with Gasteiger partial charge in [0.2, 0.25) is 11.6 Å². The Morgan fingerprint density at radius 1 is 0.600 bits per heavy atom. The van der Waals surface area contributed by atoms with Crippen LogP contribution in [-0.4, -0.2) is 11.6 Å². The number of benzene rings is 3. The first-order chi connectivity index (χ1) is 14.6. The van der Waals surface area contributed by atoms with Gasteiger partial charge in [0.15, 0.2) is 0 Å². The molecule has 0 aliphatic rings. The summed E-state index contributed by atoms with van der Waals surface area (Å²) in [5.41, 5.74) is 2.11. The Morgan fingerprint density at radius 3 is 1.37 bits per heavy atom. The molecule has 0 unspecified atom stereocenters. The number of carbonyl (C=O) groups excluding carboxylic acids is 2. The topological polar surface area (TPSA) is 81.7 Å². The van der Waals surface area contributed by atoms with Gasteiger partial charge in [0.1, 0.15) is 23.3 Å². The van der Waals surface area contributed by atoms with Crippen molar-refractivity contribution >= 4 is 23.7 Å². The molecule has 0 saturated heterocycles. The lowest BCUT2D eigenvalue weighted by atomic mass is 9.99. The summed E-state index contributed by atoms with van der Waals surface area (Å²) in [6.45, 7) is 0. The minimum Gasteiger partial charge on any atom is -0.288 e. The van der Waals surface area contributed by atoms with Gasteiger partial charge in [-0.2, -0.15) is 10.5 Å². The lowest BCUT2D eigenvalue weighted by Gasteiger charge is -2.02. The predicted molar refractivity (Wildman–Crippen MR) is 115 cm³/mol. The van der Waals surface area contributed by atoms with E-state index in [-0.39, 0.29) is 22.7 Å². The summed E-state index contributed by atoms with van der Waals surface area (Å²) in [5, 5.41) is 18.9. The average Bonchev–Trinajstić information content (AvgIpc) is 2.81. The van der Waals surface area contributed by atoms with Gasteiger partial charge in [0.05, 0.1) is 0 Å². The Labute approximate surface area is 174 Å². The minimum atomic E-state index is -0.365. The van der Waals surface area contributed by atoms with Gasteiger partial charge in [-0.1, -0.05) is 78.9 Å². The maximum atomic E-state index is 12.5. The smallest absolute Gasteiger partial charge is 0.203 e. The quantitative estimate of drug-likeness (QED) is 0.327. The predicted octanol–water partition coefficient (Wildman–Crippen LogP) is 5.27. The van der Waals surface area contributed by atoms with Crippen LogP contribution in [0.2, 0.25) is 0 Å². The molecule has 0 radical (unpaired) electrons. The zero-order chi connectivity index (χ0) is 21.3. The van der Waals surface area contributed by atoms with Crippen molar-refractivity contribution in [2.24, 2.45) is 0 Å². The Morgan fingerprint density at radius 2 is 1.00 bits per heavy atom. The van der Waals surface area contributed by atoms with Gasteiger partial charge in [-0.3, -0.25) is 9.59 Å². The molecule has 0 aliphatic carbocycles. The van der Waals surface area contributed by atoms with Gasteiger partial charge < -0.3 is 0 Å². The largest absolute Gasteiger partial charge is 0.288 e. The zero-order valence-corrected chi connectivity index (χ0v) is 15.9. The molecular formula is C26H16N2O2. The molecule has 3 aromatic rings. The third-order valence-corrected chi connectivity index (χ3v) is 4.33. The molecule has 142 valence electrons. The monoisotopic (exact) mass is 388 g/mol. The van der Waals surface area contributed by atoms with Crippen LogP contribution < -0.4 is 0 Å². The van der Waals surface area contributed by atoms with Gasteiger partial charge in [0.25, 0.3) is 0 Å².